The quantitative estimate of drug-likeness (QED) is 0.297. The lowest BCUT2D eigenvalue weighted by Crippen LogP contribution is -2.40. The van der Waals surface area contributed by atoms with E-state index in [9.17, 15) is 8.42 Å². The van der Waals surface area contributed by atoms with Gasteiger partial charge in [-0.1, -0.05) is 36.4 Å². The lowest BCUT2D eigenvalue weighted by molar-refractivity contribution is 0.580. The normalized spacial score (nSPS) is 11.5. The Hall–Kier alpha value is -1.72. The molecular formula is C17H24IN5O2S. The van der Waals surface area contributed by atoms with Crippen LogP contribution in [0.15, 0.2) is 59.7 Å². The fraction of sp³-hybridized carbons (Fsp3) is 0.294. The molecule has 1 aromatic carbocycles. The number of rotatable bonds is 8. The van der Waals surface area contributed by atoms with Gasteiger partial charge in [-0.25, -0.2) is 13.1 Å². The molecule has 0 aliphatic carbocycles. The van der Waals surface area contributed by atoms with Gasteiger partial charge in [0.05, 0.1) is 18.0 Å². The third-order valence-corrected chi connectivity index (χ3v) is 4.71. The molecule has 1 heterocycles. The summed E-state index contributed by atoms with van der Waals surface area (Å²) >= 11 is 0. The van der Waals surface area contributed by atoms with E-state index in [0.717, 1.165) is 11.3 Å². The molecule has 142 valence electrons. The van der Waals surface area contributed by atoms with Crippen LogP contribution in [-0.4, -0.2) is 38.7 Å². The Morgan fingerprint density at radius 3 is 2.42 bits per heavy atom. The zero-order chi connectivity index (χ0) is 18.0. The predicted octanol–water partition coefficient (Wildman–Crippen LogP) is 1.48. The third kappa shape index (κ3) is 8.59. The van der Waals surface area contributed by atoms with Gasteiger partial charge >= 0.3 is 0 Å². The molecule has 0 fully saturated rings. The first-order chi connectivity index (χ1) is 12.1. The van der Waals surface area contributed by atoms with Crippen LogP contribution < -0.4 is 15.4 Å². The summed E-state index contributed by atoms with van der Waals surface area (Å²) in [5, 5.41) is 6.08. The number of sulfonamides is 1. The van der Waals surface area contributed by atoms with E-state index in [1.807, 2.05) is 48.5 Å². The summed E-state index contributed by atoms with van der Waals surface area (Å²) in [6, 6.07) is 15.1. The Bertz CT molecular complexity index is 770. The largest absolute Gasteiger partial charge is 0.355 e. The Kier molecular flexibility index (Phi) is 10.1. The molecule has 7 nitrogen and oxygen atoms in total. The van der Waals surface area contributed by atoms with Crippen molar-refractivity contribution < 1.29 is 8.42 Å². The summed E-state index contributed by atoms with van der Waals surface area (Å²) in [6.07, 6.45) is 1.72. The molecule has 2 aromatic rings. The minimum absolute atomic E-state index is 0. The highest BCUT2D eigenvalue weighted by atomic mass is 127. The fourth-order valence-electron chi connectivity index (χ4n) is 2.06. The van der Waals surface area contributed by atoms with Gasteiger partial charge in [0.25, 0.3) is 0 Å². The van der Waals surface area contributed by atoms with Gasteiger partial charge in [0.1, 0.15) is 0 Å². The van der Waals surface area contributed by atoms with Crippen LogP contribution in [0.5, 0.6) is 0 Å². The second kappa shape index (κ2) is 11.8. The van der Waals surface area contributed by atoms with Gasteiger partial charge in [0.15, 0.2) is 5.96 Å². The van der Waals surface area contributed by atoms with Crippen LogP contribution >= 0.6 is 24.0 Å². The zero-order valence-electron chi connectivity index (χ0n) is 14.6. The Morgan fingerprint density at radius 2 is 1.77 bits per heavy atom. The van der Waals surface area contributed by atoms with E-state index in [4.69, 9.17) is 0 Å². The maximum Gasteiger partial charge on any atom is 0.213 e. The molecule has 26 heavy (non-hydrogen) atoms. The van der Waals surface area contributed by atoms with Crippen LogP contribution in [0.4, 0.5) is 0 Å². The highest BCUT2D eigenvalue weighted by Crippen LogP contribution is 1.98. The van der Waals surface area contributed by atoms with Crippen molar-refractivity contribution in [1.29, 1.82) is 0 Å². The first-order valence-electron chi connectivity index (χ1n) is 7.95. The van der Waals surface area contributed by atoms with Crippen LogP contribution in [-0.2, 0) is 23.1 Å². The van der Waals surface area contributed by atoms with Gasteiger partial charge in [0, 0.05) is 26.3 Å². The van der Waals surface area contributed by atoms with Crippen LogP contribution in [0.1, 0.15) is 11.3 Å². The van der Waals surface area contributed by atoms with Crippen LogP contribution in [0, 0.1) is 0 Å². The zero-order valence-corrected chi connectivity index (χ0v) is 17.7. The summed E-state index contributed by atoms with van der Waals surface area (Å²) in [6.45, 7) is 1.06. The molecule has 0 aliphatic heterocycles. The van der Waals surface area contributed by atoms with Crippen molar-refractivity contribution in [1.82, 2.24) is 20.3 Å². The molecule has 9 heteroatoms. The number of halogens is 1. The summed E-state index contributed by atoms with van der Waals surface area (Å²) in [5.74, 6) is 0.494. The van der Waals surface area contributed by atoms with Crippen molar-refractivity contribution in [3.8, 4) is 0 Å². The second-order valence-electron chi connectivity index (χ2n) is 5.30. The highest BCUT2D eigenvalue weighted by molar-refractivity contribution is 14.0. The molecule has 2 rings (SSSR count). The Morgan fingerprint density at radius 1 is 1.04 bits per heavy atom. The molecule has 0 spiro atoms. The number of hydrogen-bond donors (Lipinski definition) is 3. The Labute approximate surface area is 171 Å². The molecule has 0 saturated heterocycles. The monoisotopic (exact) mass is 489 g/mol. The van der Waals surface area contributed by atoms with E-state index >= 15 is 0 Å². The molecule has 0 atom stereocenters. The summed E-state index contributed by atoms with van der Waals surface area (Å²) in [5.41, 5.74) is 1.80. The van der Waals surface area contributed by atoms with E-state index in [1.54, 1.807) is 13.2 Å². The fourth-order valence-corrected chi connectivity index (χ4v) is 2.96. The summed E-state index contributed by atoms with van der Waals surface area (Å²) in [7, 11) is -1.72. The van der Waals surface area contributed by atoms with Crippen molar-refractivity contribution in [3.63, 3.8) is 0 Å². The minimum Gasteiger partial charge on any atom is -0.355 e. The molecule has 0 saturated carbocycles. The number of hydrogen-bond acceptors (Lipinski definition) is 4. The number of pyridine rings is 1. The first-order valence-corrected chi connectivity index (χ1v) is 9.60. The first kappa shape index (κ1) is 22.3. The Balaban J connectivity index is 0.00000338. The molecule has 1 aromatic heterocycles. The van der Waals surface area contributed by atoms with Crippen LogP contribution in [0.25, 0.3) is 0 Å². The molecule has 0 amide bonds. The maximum absolute atomic E-state index is 12.0. The highest BCUT2D eigenvalue weighted by Gasteiger charge is 2.10. The SMILES string of the molecule is CN=C(NCCS(=O)(=O)NCc1ccccc1)NCc1ccccn1.I. The standard InChI is InChI=1S/C17H23N5O2S.HI/c1-18-17(21-14-16-9-5-6-10-19-16)20-11-12-25(23,24)22-13-15-7-3-2-4-8-15;/h2-10,22H,11-14H2,1H3,(H2,18,20,21);1H. The van der Waals surface area contributed by atoms with Gasteiger partial charge in [0.2, 0.25) is 10.0 Å². The van der Waals surface area contributed by atoms with Crippen molar-refractivity contribution in [2.45, 2.75) is 13.1 Å². The second-order valence-corrected chi connectivity index (χ2v) is 7.23. The van der Waals surface area contributed by atoms with Crippen molar-refractivity contribution in [3.05, 3.63) is 66.0 Å². The molecular weight excluding hydrogens is 465 g/mol. The number of nitrogens with zero attached hydrogens (tertiary/aromatic N) is 2. The van der Waals surface area contributed by atoms with E-state index in [0.29, 0.717) is 12.5 Å². The average Bonchev–Trinajstić information content (AvgIpc) is 2.64. The van der Waals surface area contributed by atoms with E-state index in [2.05, 4.69) is 25.3 Å². The van der Waals surface area contributed by atoms with Gasteiger partial charge in [-0.05, 0) is 17.7 Å². The van der Waals surface area contributed by atoms with Gasteiger partial charge in [-0.3, -0.25) is 9.98 Å². The smallest absolute Gasteiger partial charge is 0.213 e. The third-order valence-electron chi connectivity index (χ3n) is 3.39. The number of benzene rings is 1. The molecule has 0 radical (unpaired) electrons. The van der Waals surface area contributed by atoms with Crippen LogP contribution in [0.2, 0.25) is 0 Å². The van der Waals surface area contributed by atoms with E-state index < -0.39 is 10.0 Å². The molecule has 0 unspecified atom stereocenters. The average molecular weight is 489 g/mol. The van der Waals surface area contributed by atoms with E-state index in [1.165, 1.54) is 0 Å². The van der Waals surface area contributed by atoms with Crippen molar-refractivity contribution in [2.75, 3.05) is 19.3 Å². The van der Waals surface area contributed by atoms with E-state index in [-0.39, 0.29) is 42.8 Å². The molecule has 0 bridgehead atoms. The lowest BCUT2D eigenvalue weighted by Gasteiger charge is -2.12. The number of aliphatic imine (C=N–C) groups is 1. The molecule has 3 N–H and O–H groups in total. The van der Waals surface area contributed by atoms with Gasteiger partial charge in [-0.2, -0.15) is 0 Å². The minimum atomic E-state index is -3.36. The van der Waals surface area contributed by atoms with Crippen molar-refractivity contribution >= 4 is 40.0 Å². The number of nitrogens with one attached hydrogen (secondary N) is 3. The number of aromatic nitrogens is 1. The topological polar surface area (TPSA) is 95.5 Å². The lowest BCUT2D eigenvalue weighted by atomic mass is 10.2. The predicted molar refractivity (Wildman–Crippen MR) is 115 cm³/mol. The van der Waals surface area contributed by atoms with Crippen molar-refractivity contribution in [2.24, 2.45) is 4.99 Å². The van der Waals surface area contributed by atoms with Gasteiger partial charge in [-0.15, -0.1) is 24.0 Å². The van der Waals surface area contributed by atoms with Crippen LogP contribution in [0.3, 0.4) is 0 Å². The summed E-state index contributed by atoms with van der Waals surface area (Å²) < 4.78 is 26.7. The molecule has 0 aliphatic rings. The number of guanidine groups is 1. The summed E-state index contributed by atoms with van der Waals surface area (Å²) in [4.78, 5) is 8.27. The van der Waals surface area contributed by atoms with Gasteiger partial charge < -0.3 is 10.6 Å². The maximum atomic E-state index is 12.0.